The van der Waals surface area contributed by atoms with E-state index in [1.807, 2.05) is 30.3 Å². The standard InChI is InChI=1S/C20H16N2OS/c1-2-8-16(9-3-1)20-22-21-19(23-20)14-24-13-17-11-6-10-15-7-4-5-12-18(15)17/h1-12H,13-14H2. The summed E-state index contributed by atoms with van der Waals surface area (Å²) in [7, 11) is 0. The molecule has 0 N–H and O–H groups in total. The molecule has 1 aromatic heterocycles. The molecule has 0 spiro atoms. The van der Waals surface area contributed by atoms with E-state index in [1.54, 1.807) is 11.8 Å². The van der Waals surface area contributed by atoms with Crippen LogP contribution in [0.5, 0.6) is 0 Å². The van der Waals surface area contributed by atoms with E-state index in [9.17, 15) is 0 Å². The first kappa shape index (κ1) is 15.0. The van der Waals surface area contributed by atoms with Gasteiger partial charge in [-0.15, -0.1) is 22.0 Å². The Morgan fingerprint density at radius 2 is 1.54 bits per heavy atom. The molecule has 4 rings (SSSR count). The maximum atomic E-state index is 5.75. The quantitative estimate of drug-likeness (QED) is 0.495. The smallest absolute Gasteiger partial charge is 0.247 e. The molecule has 3 aromatic carbocycles. The first-order valence-electron chi connectivity index (χ1n) is 7.82. The highest BCUT2D eigenvalue weighted by molar-refractivity contribution is 7.97. The lowest BCUT2D eigenvalue weighted by Gasteiger charge is -2.05. The van der Waals surface area contributed by atoms with Crippen LogP contribution in [0.25, 0.3) is 22.2 Å². The number of aromatic nitrogens is 2. The van der Waals surface area contributed by atoms with Crippen molar-refractivity contribution in [3.8, 4) is 11.5 Å². The van der Waals surface area contributed by atoms with Crippen molar-refractivity contribution in [2.75, 3.05) is 0 Å². The lowest BCUT2D eigenvalue weighted by Crippen LogP contribution is -1.86. The van der Waals surface area contributed by atoms with E-state index in [-0.39, 0.29) is 0 Å². The van der Waals surface area contributed by atoms with Gasteiger partial charge in [-0.3, -0.25) is 0 Å². The lowest BCUT2D eigenvalue weighted by atomic mass is 10.1. The molecule has 0 saturated heterocycles. The molecule has 4 heteroatoms. The second-order valence-electron chi connectivity index (χ2n) is 5.50. The SMILES string of the molecule is c1ccc(-c2nnc(CSCc3cccc4ccccc34)o2)cc1. The number of thioether (sulfide) groups is 1. The van der Waals surface area contributed by atoms with E-state index in [1.165, 1.54) is 16.3 Å². The van der Waals surface area contributed by atoms with E-state index in [0.717, 1.165) is 11.3 Å². The van der Waals surface area contributed by atoms with Crippen molar-refractivity contribution in [2.24, 2.45) is 0 Å². The highest BCUT2D eigenvalue weighted by Gasteiger charge is 2.08. The second kappa shape index (κ2) is 6.89. The minimum atomic E-state index is 0.580. The molecule has 0 atom stereocenters. The average Bonchev–Trinajstić information content (AvgIpc) is 3.12. The summed E-state index contributed by atoms with van der Waals surface area (Å²) in [6, 6.07) is 24.8. The van der Waals surface area contributed by atoms with Crippen molar-refractivity contribution in [3.05, 3.63) is 84.3 Å². The molecule has 0 amide bonds. The predicted molar refractivity (Wildman–Crippen MR) is 98.7 cm³/mol. The molecule has 0 radical (unpaired) electrons. The van der Waals surface area contributed by atoms with Gasteiger partial charge in [0.15, 0.2) is 0 Å². The van der Waals surface area contributed by atoms with Crippen LogP contribution in [0, 0.1) is 0 Å². The van der Waals surface area contributed by atoms with E-state index in [4.69, 9.17) is 4.42 Å². The third-order valence-electron chi connectivity index (χ3n) is 3.85. The fourth-order valence-electron chi connectivity index (χ4n) is 2.68. The number of benzene rings is 3. The molecule has 0 aliphatic carbocycles. The van der Waals surface area contributed by atoms with Crippen LogP contribution in [-0.4, -0.2) is 10.2 Å². The molecule has 0 aliphatic heterocycles. The highest BCUT2D eigenvalue weighted by Crippen LogP contribution is 2.25. The second-order valence-corrected chi connectivity index (χ2v) is 6.48. The summed E-state index contributed by atoms with van der Waals surface area (Å²) in [6.07, 6.45) is 0. The Hall–Kier alpha value is -2.59. The monoisotopic (exact) mass is 332 g/mol. The minimum Gasteiger partial charge on any atom is -0.420 e. The minimum absolute atomic E-state index is 0.580. The van der Waals surface area contributed by atoms with E-state index in [0.29, 0.717) is 17.5 Å². The zero-order chi connectivity index (χ0) is 16.2. The lowest BCUT2D eigenvalue weighted by molar-refractivity contribution is 0.528. The first-order chi connectivity index (χ1) is 11.9. The normalized spacial score (nSPS) is 11.0. The molecule has 0 fully saturated rings. The van der Waals surface area contributed by atoms with Gasteiger partial charge in [0.1, 0.15) is 0 Å². The van der Waals surface area contributed by atoms with E-state index in [2.05, 4.69) is 52.7 Å². The van der Waals surface area contributed by atoms with Crippen LogP contribution in [0.3, 0.4) is 0 Å². The molecule has 118 valence electrons. The largest absolute Gasteiger partial charge is 0.420 e. The number of rotatable bonds is 5. The van der Waals surface area contributed by atoms with Gasteiger partial charge in [0.25, 0.3) is 0 Å². The van der Waals surface area contributed by atoms with Crippen molar-refractivity contribution in [2.45, 2.75) is 11.5 Å². The van der Waals surface area contributed by atoms with Crippen LogP contribution in [0.4, 0.5) is 0 Å². The van der Waals surface area contributed by atoms with E-state index < -0.39 is 0 Å². The first-order valence-corrected chi connectivity index (χ1v) is 8.98. The molecule has 24 heavy (non-hydrogen) atoms. The third kappa shape index (κ3) is 3.19. The Morgan fingerprint density at radius 3 is 2.46 bits per heavy atom. The van der Waals surface area contributed by atoms with Crippen molar-refractivity contribution in [1.82, 2.24) is 10.2 Å². The molecule has 0 bridgehead atoms. The molecule has 0 aliphatic rings. The summed E-state index contributed by atoms with van der Waals surface area (Å²) in [6.45, 7) is 0. The van der Waals surface area contributed by atoms with Gasteiger partial charge in [0.2, 0.25) is 11.8 Å². The summed E-state index contributed by atoms with van der Waals surface area (Å²) in [5.41, 5.74) is 2.29. The van der Waals surface area contributed by atoms with Gasteiger partial charge in [0.05, 0.1) is 5.75 Å². The molecule has 0 saturated carbocycles. The average molecular weight is 332 g/mol. The van der Waals surface area contributed by atoms with Gasteiger partial charge in [0, 0.05) is 11.3 Å². The summed E-state index contributed by atoms with van der Waals surface area (Å²) < 4.78 is 5.75. The molecular weight excluding hydrogens is 316 g/mol. The summed E-state index contributed by atoms with van der Waals surface area (Å²) in [5, 5.41) is 10.9. The zero-order valence-electron chi connectivity index (χ0n) is 13.1. The summed E-state index contributed by atoms with van der Waals surface area (Å²) >= 11 is 1.79. The van der Waals surface area contributed by atoms with E-state index >= 15 is 0 Å². The van der Waals surface area contributed by atoms with Crippen LogP contribution in [0.1, 0.15) is 11.5 Å². The molecule has 4 aromatic rings. The van der Waals surface area contributed by atoms with Gasteiger partial charge >= 0.3 is 0 Å². The molecule has 3 nitrogen and oxygen atoms in total. The van der Waals surface area contributed by atoms with Gasteiger partial charge < -0.3 is 4.42 Å². The van der Waals surface area contributed by atoms with Crippen LogP contribution in [-0.2, 0) is 11.5 Å². The van der Waals surface area contributed by atoms with Crippen LogP contribution >= 0.6 is 11.8 Å². The number of fused-ring (bicyclic) bond motifs is 1. The summed E-state index contributed by atoms with van der Waals surface area (Å²) in [4.78, 5) is 0. The van der Waals surface area contributed by atoms with Crippen molar-refractivity contribution < 1.29 is 4.42 Å². The highest BCUT2D eigenvalue weighted by atomic mass is 32.2. The maximum absolute atomic E-state index is 5.75. The predicted octanol–water partition coefficient (Wildman–Crippen LogP) is 5.32. The Bertz CT molecular complexity index is 945. The Labute approximate surface area is 144 Å². The number of nitrogens with zero attached hydrogens (tertiary/aromatic N) is 2. The maximum Gasteiger partial charge on any atom is 0.247 e. The Kier molecular flexibility index (Phi) is 4.30. The van der Waals surface area contributed by atoms with Gasteiger partial charge in [-0.2, -0.15) is 0 Å². The van der Waals surface area contributed by atoms with Gasteiger partial charge in [-0.1, -0.05) is 60.7 Å². The Morgan fingerprint density at radius 1 is 0.750 bits per heavy atom. The fraction of sp³-hybridized carbons (Fsp3) is 0.100. The van der Waals surface area contributed by atoms with Gasteiger partial charge in [-0.25, -0.2) is 0 Å². The van der Waals surface area contributed by atoms with Crippen molar-refractivity contribution >= 4 is 22.5 Å². The Balaban J connectivity index is 1.43. The fourth-order valence-corrected chi connectivity index (χ4v) is 3.54. The van der Waals surface area contributed by atoms with Crippen LogP contribution in [0.15, 0.2) is 77.2 Å². The number of hydrogen-bond acceptors (Lipinski definition) is 4. The summed E-state index contributed by atoms with van der Waals surface area (Å²) in [5.74, 6) is 2.88. The van der Waals surface area contributed by atoms with Crippen LogP contribution < -0.4 is 0 Å². The zero-order valence-corrected chi connectivity index (χ0v) is 13.9. The van der Waals surface area contributed by atoms with Crippen molar-refractivity contribution in [3.63, 3.8) is 0 Å². The van der Waals surface area contributed by atoms with Crippen molar-refractivity contribution in [1.29, 1.82) is 0 Å². The number of hydrogen-bond donors (Lipinski definition) is 0. The van der Waals surface area contributed by atoms with Gasteiger partial charge in [-0.05, 0) is 28.5 Å². The van der Waals surface area contributed by atoms with Crippen LogP contribution in [0.2, 0.25) is 0 Å². The molecular formula is C20H16N2OS. The third-order valence-corrected chi connectivity index (χ3v) is 4.82. The molecule has 0 unspecified atom stereocenters. The molecule has 1 heterocycles. The topological polar surface area (TPSA) is 38.9 Å².